The predicted molar refractivity (Wildman–Crippen MR) is 43.9 cm³/mol. The lowest BCUT2D eigenvalue weighted by Crippen LogP contribution is -1.86. The van der Waals surface area contributed by atoms with Crippen LogP contribution in [-0.4, -0.2) is 18.3 Å². The molecule has 0 radical (unpaired) electrons. The zero-order valence-corrected chi connectivity index (χ0v) is 6.75. The molecule has 0 saturated heterocycles. The number of hydrogen-bond donors (Lipinski definition) is 0. The van der Waals surface area contributed by atoms with E-state index in [9.17, 15) is 0 Å². The molecule has 0 spiro atoms. The molecule has 11 heavy (non-hydrogen) atoms. The molecule has 58 valence electrons. The second kappa shape index (κ2) is 3.93. The lowest BCUT2D eigenvalue weighted by Gasteiger charge is -1.91. The van der Waals surface area contributed by atoms with E-state index in [-0.39, 0.29) is 0 Å². The van der Waals surface area contributed by atoms with Crippen LogP contribution in [0.5, 0.6) is 0 Å². The van der Waals surface area contributed by atoms with Crippen molar-refractivity contribution in [3.05, 3.63) is 29.0 Å². The van der Waals surface area contributed by atoms with Gasteiger partial charge in [0.15, 0.2) is 0 Å². The van der Waals surface area contributed by atoms with E-state index in [1.54, 1.807) is 18.2 Å². The van der Waals surface area contributed by atoms with Crippen LogP contribution in [0.25, 0.3) is 0 Å². The molecule has 0 N–H and O–H groups in total. The van der Waals surface area contributed by atoms with Crippen LogP contribution in [0.4, 0.5) is 0 Å². The highest BCUT2D eigenvalue weighted by molar-refractivity contribution is 6.29. The quantitative estimate of drug-likeness (QED) is 0.385. The summed E-state index contributed by atoms with van der Waals surface area (Å²) in [7, 11) is 1.47. The van der Waals surface area contributed by atoms with E-state index in [1.165, 1.54) is 13.3 Å². The van der Waals surface area contributed by atoms with Crippen molar-refractivity contribution < 1.29 is 4.84 Å². The lowest BCUT2D eigenvalue weighted by atomic mass is 10.4. The van der Waals surface area contributed by atoms with Gasteiger partial charge in [-0.1, -0.05) is 22.8 Å². The Morgan fingerprint density at radius 2 is 2.45 bits per heavy atom. The minimum Gasteiger partial charge on any atom is -0.399 e. The maximum absolute atomic E-state index is 5.61. The van der Waals surface area contributed by atoms with E-state index >= 15 is 0 Å². The molecule has 0 bridgehead atoms. The molecule has 0 unspecified atom stereocenters. The van der Waals surface area contributed by atoms with Crippen LogP contribution in [0, 0.1) is 0 Å². The standard InChI is InChI=1S/C7H7ClN2O/c1-11-9-5-6-3-2-4-7(8)10-6/h2-5H,1H3/b9-5+. The highest BCUT2D eigenvalue weighted by Crippen LogP contribution is 2.02. The van der Waals surface area contributed by atoms with Crippen molar-refractivity contribution in [2.45, 2.75) is 0 Å². The molecule has 0 aliphatic heterocycles. The summed E-state index contributed by atoms with van der Waals surface area (Å²) in [5.41, 5.74) is 0.680. The van der Waals surface area contributed by atoms with Crippen LogP contribution >= 0.6 is 11.6 Å². The molecule has 1 aromatic rings. The number of halogens is 1. The Balaban J connectivity index is 2.79. The van der Waals surface area contributed by atoms with E-state index in [4.69, 9.17) is 11.6 Å². The molecular formula is C7H7ClN2O. The van der Waals surface area contributed by atoms with Gasteiger partial charge in [-0.25, -0.2) is 4.98 Å². The van der Waals surface area contributed by atoms with Crippen LogP contribution in [-0.2, 0) is 4.84 Å². The monoisotopic (exact) mass is 170 g/mol. The van der Waals surface area contributed by atoms with E-state index in [2.05, 4.69) is 15.0 Å². The maximum Gasteiger partial charge on any atom is 0.129 e. The fraction of sp³-hybridized carbons (Fsp3) is 0.143. The van der Waals surface area contributed by atoms with Crippen molar-refractivity contribution in [1.82, 2.24) is 4.98 Å². The minimum atomic E-state index is 0.449. The van der Waals surface area contributed by atoms with Gasteiger partial charge in [-0.2, -0.15) is 0 Å². The smallest absolute Gasteiger partial charge is 0.129 e. The Morgan fingerprint density at radius 3 is 3.09 bits per heavy atom. The first-order valence-corrected chi connectivity index (χ1v) is 3.40. The molecule has 0 aromatic carbocycles. The third-order valence-corrected chi connectivity index (χ3v) is 1.24. The number of pyridine rings is 1. The molecule has 0 aliphatic rings. The van der Waals surface area contributed by atoms with Crippen molar-refractivity contribution in [2.75, 3.05) is 7.11 Å². The number of rotatable bonds is 2. The van der Waals surface area contributed by atoms with Gasteiger partial charge in [-0.15, -0.1) is 0 Å². The summed E-state index contributed by atoms with van der Waals surface area (Å²) < 4.78 is 0. The van der Waals surface area contributed by atoms with E-state index in [0.29, 0.717) is 10.8 Å². The van der Waals surface area contributed by atoms with E-state index in [1.807, 2.05) is 0 Å². The van der Waals surface area contributed by atoms with Gasteiger partial charge in [0.2, 0.25) is 0 Å². The molecule has 1 rings (SSSR count). The normalized spacial score (nSPS) is 10.4. The second-order valence-electron chi connectivity index (χ2n) is 1.80. The highest BCUT2D eigenvalue weighted by Gasteiger charge is 1.89. The molecule has 4 heteroatoms. The van der Waals surface area contributed by atoms with Gasteiger partial charge >= 0.3 is 0 Å². The average Bonchev–Trinajstić information content (AvgIpc) is 2.01. The molecular weight excluding hydrogens is 164 g/mol. The molecule has 0 aliphatic carbocycles. The third-order valence-electron chi connectivity index (χ3n) is 1.03. The van der Waals surface area contributed by atoms with E-state index < -0.39 is 0 Å². The number of nitrogens with zero attached hydrogens (tertiary/aromatic N) is 2. The zero-order chi connectivity index (χ0) is 8.10. The van der Waals surface area contributed by atoms with Gasteiger partial charge in [0, 0.05) is 0 Å². The van der Waals surface area contributed by atoms with Crippen LogP contribution in [0.3, 0.4) is 0 Å². The number of aromatic nitrogens is 1. The van der Waals surface area contributed by atoms with Crippen molar-refractivity contribution >= 4 is 17.8 Å². The molecule has 1 aromatic heterocycles. The summed E-state index contributed by atoms with van der Waals surface area (Å²) in [6.07, 6.45) is 1.49. The highest BCUT2D eigenvalue weighted by atomic mass is 35.5. The van der Waals surface area contributed by atoms with Gasteiger partial charge in [-0.3, -0.25) is 0 Å². The van der Waals surface area contributed by atoms with Gasteiger partial charge in [0.25, 0.3) is 0 Å². The first kappa shape index (κ1) is 8.01. The van der Waals surface area contributed by atoms with Gasteiger partial charge in [-0.05, 0) is 12.1 Å². The molecule has 0 amide bonds. The predicted octanol–water partition coefficient (Wildman–Crippen LogP) is 1.72. The summed E-state index contributed by atoms with van der Waals surface area (Å²) >= 11 is 5.61. The molecule has 3 nitrogen and oxygen atoms in total. The van der Waals surface area contributed by atoms with Gasteiger partial charge in [0.05, 0.1) is 11.9 Å². The Bertz CT molecular complexity index is 262. The van der Waals surface area contributed by atoms with Gasteiger partial charge in [0.1, 0.15) is 12.3 Å². The zero-order valence-electron chi connectivity index (χ0n) is 5.99. The van der Waals surface area contributed by atoms with Crippen LogP contribution in [0.1, 0.15) is 5.69 Å². The fourth-order valence-electron chi connectivity index (χ4n) is 0.603. The molecule has 0 saturated carbocycles. The first-order valence-electron chi connectivity index (χ1n) is 3.02. The first-order chi connectivity index (χ1) is 5.33. The average molecular weight is 171 g/mol. The molecule has 1 heterocycles. The minimum absolute atomic E-state index is 0.449. The van der Waals surface area contributed by atoms with Crippen LogP contribution in [0.2, 0.25) is 5.15 Å². The van der Waals surface area contributed by atoms with Crippen molar-refractivity contribution in [2.24, 2.45) is 5.16 Å². The molecule has 0 atom stereocenters. The largest absolute Gasteiger partial charge is 0.399 e. The van der Waals surface area contributed by atoms with Crippen molar-refractivity contribution in [1.29, 1.82) is 0 Å². The summed E-state index contributed by atoms with van der Waals surface area (Å²) in [4.78, 5) is 8.42. The van der Waals surface area contributed by atoms with Crippen molar-refractivity contribution in [3.63, 3.8) is 0 Å². The second-order valence-corrected chi connectivity index (χ2v) is 2.19. The summed E-state index contributed by atoms with van der Waals surface area (Å²) in [5.74, 6) is 0. The molecule has 0 fully saturated rings. The van der Waals surface area contributed by atoms with Gasteiger partial charge < -0.3 is 4.84 Å². The SMILES string of the molecule is CO/N=C/c1cccc(Cl)n1. The fourth-order valence-corrected chi connectivity index (χ4v) is 0.773. The van der Waals surface area contributed by atoms with Crippen molar-refractivity contribution in [3.8, 4) is 0 Å². The van der Waals surface area contributed by atoms with Crippen LogP contribution in [0.15, 0.2) is 23.4 Å². The summed E-state index contributed by atoms with van der Waals surface area (Å²) in [6.45, 7) is 0. The topological polar surface area (TPSA) is 34.5 Å². The summed E-state index contributed by atoms with van der Waals surface area (Å²) in [6, 6.07) is 5.28. The Hall–Kier alpha value is -1.09. The van der Waals surface area contributed by atoms with Crippen LogP contribution < -0.4 is 0 Å². The number of oxime groups is 1. The Kier molecular flexibility index (Phi) is 2.86. The maximum atomic E-state index is 5.61. The van der Waals surface area contributed by atoms with E-state index in [0.717, 1.165) is 0 Å². The number of hydrogen-bond acceptors (Lipinski definition) is 3. The third kappa shape index (κ3) is 2.55. The lowest BCUT2D eigenvalue weighted by molar-refractivity contribution is 0.215. The summed E-state index contributed by atoms with van der Waals surface area (Å²) in [5, 5.41) is 3.99. The Labute approximate surface area is 69.6 Å². The Morgan fingerprint density at radius 1 is 1.64 bits per heavy atom.